The lowest BCUT2D eigenvalue weighted by molar-refractivity contribution is 0.0662. The summed E-state index contributed by atoms with van der Waals surface area (Å²) in [5.74, 6) is -0.0378. The molecule has 114 valence electrons. The summed E-state index contributed by atoms with van der Waals surface area (Å²) < 4.78 is 0. The average molecular weight is 295 g/mol. The maximum atomic E-state index is 12.3. The Balaban J connectivity index is 1.64. The number of piperazine rings is 1. The fourth-order valence-electron chi connectivity index (χ4n) is 2.57. The van der Waals surface area contributed by atoms with Gasteiger partial charge in [-0.25, -0.2) is 5.01 Å². The summed E-state index contributed by atoms with van der Waals surface area (Å²) in [5.41, 5.74) is 5.96. The van der Waals surface area contributed by atoms with E-state index in [1.54, 1.807) is 0 Å². The molecule has 1 amide bonds. The van der Waals surface area contributed by atoms with Crippen molar-refractivity contribution >= 4 is 5.91 Å². The van der Waals surface area contributed by atoms with Crippen LogP contribution < -0.4 is 5.43 Å². The molecule has 1 fully saturated rings. The van der Waals surface area contributed by atoms with Crippen LogP contribution in [-0.4, -0.2) is 49.0 Å². The van der Waals surface area contributed by atoms with E-state index in [9.17, 15) is 4.79 Å². The summed E-state index contributed by atoms with van der Waals surface area (Å²) in [6, 6.07) is 17.9. The molecular formula is C18H21N3O. The van der Waals surface area contributed by atoms with Crippen LogP contribution in [0.5, 0.6) is 0 Å². The largest absolute Gasteiger partial charge is 0.304 e. The van der Waals surface area contributed by atoms with Gasteiger partial charge in [0, 0.05) is 31.7 Å². The van der Waals surface area contributed by atoms with E-state index in [-0.39, 0.29) is 5.91 Å². The number of amides is 1. The Bertz CT molecular complexity index is 617. The molecule has 3 rings (SSSR count). The second-order valence-corrected chi connectivity index (χ2v) is 5.67. The first-order valence-electron chi connectivity index (χ1n) is 7.62. The van der Waals surface area contributed by atoms with Crippen molar-refractivity contribution in [2.24, 2.45) is 0 Å². The van der Waals surface area contributed by atoms with Crippen LogP contribution in [0.15, 0.2) is 54.6 Å². The van der Waals surface area contributed by atoms with Crippen LogP contribution in [0.1, 0.15) is 10.4 Å². The molecule has 0 atom stereocenters. The minimum absolute atomic E-state index is 0.0378. The second-order valence-electron chi connectivity index (χ2n) is 5.67. The van der Waals surface area contributed by atoms with E-state index >= 15 is 0 Å². The molecule has 0 bridgehead atoms. The lowest BCUT2D eigenvalue weighted by atomic mass is 10.0. The normalized spacial score (nSPS) is 16.4. The van der Waals surface area contributed by atoms with Gasteiger partial charge in [0.15, 0.2) is 0 Å². The molecule has 1 aliphatic rings. The Labute approximate surface area is 131 Å². The van der Waals surface area contributed by atoms with Crippen molar-refractivity contribution in [2.45, 2.75) is 0 Å². The highest BCUT2D eigenvalue weighted by molar-refractivity contribution is 5.94. The van der Waals surface area contributed by atoms with Crippen LogP contribution in [0.4, 0.5) is 0 Å². The van der Waals surface area contributed by atoms with Crippen molar-refractivity contribution in [2.75, 3.05) is 33.2 Å². The summed E-state index contributed by atoms with van der Waals surface area (Å²) in [6.07, 6.45) is 0. The van der Waals surface area contributed by atoms with Gasteiger partial charge in [0.05, 0.1) is 0 Å². The molecule has 1 heterocycles. The lowest BCUT2D eigenvalue weighted by Crippen LogP contribution is -2.52. The number of rotatable bonds is 3. The number of hydrogen-bond donors (Lipinski definition) is 1. The molecule has 4 nitrogen and oxygen atoms in total. The standard InChI is InChI=1S/C18H21N3O/c1-20-11-13-21(14-12-20)19-18(22)17-9-7-16(8-10-17)15-5-3-2-4-6-15/h2-10H,11-14H2,1H3,(H,19,22). The first-order valence-corrected chi connectivity index (χ1v) is 7.62. The number of nitrogens with zero attached hydrogens (tertiary/aromatic N) is 2. The quantitative estimate of drug-likeness (QED) is 0.943. The molecule has 0 spiro atoms. The van der Waals surface area contributed by atoms with E-state index in [2.05, 4.69) is 29.5 Å². The second kappa shape index (κ2) is 6.73. The zero-order chi connectivity index (χ0) is 15.4. The fraction of sp³-hybridized carbons (Fsp3) is 0.278. The van der Waals surface area contributed by atoms with Gasteiger partial charge in [-0.05, 0) is 30.3 Å². The molecule has 1 saturated heterocycles. The topological polar surface area (TPSA) is 35.6 Å². The Morgan fingerprint density at radius 3 is 2.09 bits per heavy atom. The molecule has 0 aromatic heterocycles. The highest BCUT2D eigenvalue weighted by Crippen LogP contribution is 2.19. The van der Waals surface area contributed by atoms with Crippen LogP contribution in [0.3, 0.4) is 0 Å². The third-order valence-electron chi connectivity index (χ3n) is 4.02. The summed E-state index contributed by atoms with van der Waals surface area (Å²) in [5, 5.41) is 1.99. The molecule has 2 aromatic carbocycles. The SMILES string of the molecule is CN1CCN(NC(=O)c2ccc(-c3ccccc3)cc2)CC1. The Kier molecular flexibility index (Phi) is 4.51. The minimum atomic E-state index is -0.0378. The first-order chi connectivity index (χ1) is 10.7. The molecule has 0 saturated carbocycles. The molecule has 22 heavy (non-hydrogen) atoms. The molecule has 1 N–H and O–H groups in total. The molecule has 4 heteroatoms. The third kappa shape index (κ3) is 3.53. The van der Waals surface area contributed by atoms with Gasteiger partial charge in [-0.3, -0.25) is 10.2 Å². The molecule has 1 aliphatic heterocycles. The van der Waals surface area contributed by atoms with E-state index in [1.807, 2.05) is 47.5 Å². The smallest absolute Gasteiger partial charge is 0.265 e. The molecule has 2 aromatic rings. The number of nitrogens with one attached hydrogen (secondary N) is 1. The van der Waals surface area contributed by atoms with E-state index in [4.69, 9.17) is 0 Å². The van der Waals surface area contributed by atoms with Crippen LogP contribution in [0.2, 0.25) is 0 Å². The van der Waals surface area contributed by atoms with Crippen molar-refractivity contribution in [3.8, 4) is 11.1 Å². The van der Waals surface area contributed by atoms with Crippen molar-refractivity contribution in [1.82, 2.24) is 15.3 Å². The zero-order valence-electron chi connectivity index (χ0n) is 12.8. The third-order valence-corrected chi connectivity index (χ3v) is 4.02. The summed E-state index contributed by atoms with van der Waals surface area (Å²) in [7, 11) is 2.10. The summed E-state index contributed by atoms with van der Waals surface area (Å²) in [4.78, 5) is 14.5. The summed E-state index contributed by atoms with van der Waals surface area (Å²) >= 11 is 0. The molecule has 0 unspecified atom stereocenters. The van der Waals surface area contributed by atoms with E-state index in [1.165, 1.54) is 0 Å². The van der Waals surface area contributed by atoms with Gasteiger partial charge in [0.25, 0.3) is 5.91 Å². The highest BCUT2D eigenvalue weighted by Gasteiger charge is 2.16. The number of hydrogen-bond acceptors (Lipinski definition) is 3. The van der Waals surface area contributed by atoms with Crippen molar-refractivity contribution in [3.05, 3.63) is 60.2 Å². The number of carbonyl (C=O) groups is 1. The van der Waals surface area contributed by atoms with Gasteiger partial charge in [-0.15, -0.1) is 0 Å². The monoisotopic (exact) mass is 295 g/mol. The van der Waals surface area contributed by atoms with Crippen LogP contribution >= 0.6 is 0 Å². The lowest BCUT2D eigenvalue weighted by Gasteiger charge is -2.32. The Morgan fingerprint density at radius 1 is 0.864 bits per heavy atom. The Hall–Kier alpha value is -2.17. The Morgan fingerprint density at radius 2 is 1.45 bits per heavy atom. The molecular weight excluding hydrogens is 274 g/mol. The van der Waals surface area contributed by atoms with Gasteiger partial charge < -0.3 is 4.90 Å². The number of benzene rings is 2. The number of carbonyl (C=O) groups excluding carboxylic acids is 1. The predicted octanol–water partition coefficient (Wildman–Crippen LogP) is 2.25. The predicted molar refractivity (Wildman–Crippen MR) is 88.4 cm³/mol. The van der Waals surface area contributed by atoms with Gasteiger partial charge in [-0.2, -0.15) is 0 Å². The van der Waals surface area contributed by atoms with E-state index in [0.29, 0.717) is 5.56 Å². The number of hydrazine groups is 1. The zero-order valence-corrected chi connectivity index (χ0v) is 12.8. The van der Waals surface area contributed by atoms with Crippen LogP contribution in [0, 0.1) is 0 Å². The van der Waals surface area contributed by atoms with Crippen LogP contribution in [0.25, 0.3) is 11.1 Å². The highest BCUT2D eigenvalue weighted by atomic mass is 16.2. The fourth-order valence-corrected chi connectivity index (χ4v) is 2.57. The van der Waals surface area contributed by atoms with Gasteiger partial charge in [-0.1, -0.05) is 42.5 Å². The van der Waals surface area contributed by atoms with Gasteiger partial charge >= 0.3 is 0 Å². The van der Waals surface area contributed by atoms with Crippen molar-refractivity contribution < 1.29 is 4.79 Å². The summed E-state index contributed by atoms with van der Waals surface area (Å²) in [6.45, 7) is 3.69. The van der Waals surface area contributed by atoms with Gasteiger partial charge in [0.2, 0.25) is 0 Å². The maximum Gasteiger partial charge on any atom is 0.265 e. The van der Waals surface area contributed by atoms with Crippen molar-refractivity contribution in [3.63, 3.8) is 0 Å². The van der Waals surface area contributed by atoms with Crippen molar-refractivity contribution in [1.29, 1.82) is 0 Å². The minimum Gasteiger partial charge on any atom is -0.304 e. The average Bonchev–Trinajstić information content (AvgIpc) is 2.58. The van der Waals surface area contributed by atoms with Crippen LogP contribution in [-0.2, 0) is 0 Å². The maximum absolute atomic E-state index is 12.3. The molecule has 0 aliphatic carbocycles. The number of likely N-dealkylation sites (N-methyl/N-ethyl adjacent to an activating group) is 1. The van der Waals surface area contributed by atoms with E-state index in [0.717, 1.165) is 37.3 Å². The molecule has 0 radical (unpaired) electrons. The van der Waals surface area contributed by atoms with Gasteiger partial charge in [0.1, 0.15) is 0 Å². The van der Waals surface area contributed by atoms with E-state index < -0.39 is 0 Å². The first kappa shape index (κ1) is 14.8.